The zero-order valence-corrected chi connectivity index (χ0v) is 46.9. The molecule has 0 aliphatic carbocycles. The van der Waals surface area contributed by atoms with Crippen LogP contribution in [0.4, 0.5) is 34.1 Å². The predicted molar refractivity (Wildman–Crippen MR) is 294 cm³/mol. The number of aryl methyl sites for hydroxylation is 2. The number of azo groups is 2. The Morgan fingerprint density at radius 2 is 0.974 bits per heavy atom. The van der Waals surface area contributed by atoms with Crippen molar-refractivity contribution in [3.8, 4) is 23.0 Å². The molecule has 0 aliphatic heterocycles. The van der Waals surface area contributed by atoms with Crippen molar-refractivity contribution in [3.63, 3.8) is 0 Å². The summed E-state index contributed by atoms with van der Waals surface area (Å²) in [5, 5.41) is 47.8. The summed E-state index contributed by atoms with van der Waals surface area (Å²) in [5.41, 5.74) is 0.892. The number of amides is 2. The number of ether oxygens (including phenoxy) is 2. The second-order valence-electron chi connectivity index (χ2n) is 16.3. The van der Waals surface area contributed by atoms with E-state index in [0.717, 1.165) is 0 Å². The first kappa shape index (κ1) is 59.5. The van der Waals surface area contributed by atoms with Crippen LogP contribution in [0.3, 0.4) is 0 Å². The van der Waals surface area contributed by atoms with Crippen LogP contribution in [-0.2, 0) is 33.1 Å². The van der Waals surface area contributed by atoms with Crippen LogP contribution in [-0.4, -0.2) is 93.8 Å². The molecule has 8 aromatic rings. The summed E-state index contributed by atoms with van der Waals surface area (Å²) in [6.45, 7) is 8.24. The molecule has 23 heteroatoms. The molecule has 4 N–H and O–H groups in total. The number of nitrogens with zero attached hydrogens (tertiary/aromatic N) is 4. The van der Waals surface area contributed by atoms with Gasteiger partial charge in [0, 0.05) is 27.7 Å². The first-order chi connectivity index (χ1) is 36.3. The van der Waals surface area contributed by atoms with Crippen molar-refractivity contribution in [1.29, 1.82) is 0 Å². The SMILES string of the molecule is CCOc1ccc(NC(=O)c2cc3ccccc3c(N=Nc3c(CC)ccc(Cl)c3S(=O)(=O)O)c2O)cc1.CCOc1ccc(NC(=O)c2cc3ccccc3c(N=Nc3c(CC)ccc(Cl)c3S(=O)(=O)[O-])c2[O-])cc1.[Ca+2]. The zero-order chi connectivity index (χ0) is 54.9. The average Bonchev–Trinajstić information content (AvgIpc) is 3.39. The average molecular weight is 1150 g/mol. The zero-order valence-electron chi connectivity index (χ0n) is 41.6. The van der Waals surface area contributed by atoms with Gasteiger partial charge in [-0.3, -0.25) is 14.1 Å². The van der Waals surface area contributed by atoms with Gasteiger partial charge in [-0.05, 0) is 121 Å². The molecule has 0 saturated carbocycles. The van der Waals surface area contributed by atoms with E-state index in [1.54, 1.807) is 117 Å². The van der Waals surface area contributed by atoms with Crippen LogP contribution in [0.1, 0.15) is 59.5 Å². The van der Waals surface area contributed by atoms with E-state index in [9.17, 15) is 45.7 Å². The first-order valence-corrected chi connectivity index (χ1v) is 26.8. The maximum atomic E-state index is 13.4. The smallest absolute Gasteiger partial charge is 0.870 e. The minimum atomic E-state index is -5.00. The molecule has 0 atom stereocenters. The summed E-state index contributed by atoms with van der Waals surface area (Å²) in [7, 11) is -9.74. The molecule has 0 unspecified atom stereocenters. The molecule has 0 bridgehead atoms. The molecule has 0 fully saturated rings. The maximum Gasteiger partial charge on any atom is 2.00 e. The molecule has 77 heavy (non-hydrogen) atoms. The van der Waals surface area contributed by atoms with Crippen LogP contribution in [0.5, 0.6) is 23.0 Å². The van der Waals surface area contributed by atoms with Gasteiger partial charge in [-0.25, -0.2) is 8.42 Å². The number of aromatic hydroxyl groups is 1. The number of hydrogen-bond donors (Lipinski definition) is 4. The van der Waals surface area contributed by atoms with Crippen LogP contribution < -0.4 is 25.2 Å². The molecular formula is C54H46CaCl2N6O12S2. The van der Waals surface area contributed by atoms with Crippen molar-refractivity contribution in [2.45, 2.75) is 50.3 Å². The van der Waals surface area contributed by atoms with E-state index in [0.29, 0.717) is 81.6 Å². The molecule has 8 aromatic carbocycles. The van der Waals surface area contributed by atoms with E-state index in [-0.39, 0.29) is 81.7 Å². The Kier molecular flexibility index (Phi) is 20.2. The molecule has 0 aliphatic rings. The van der Waals surface area contributed by atoms with Crippen molar-refractivity contribution >= 4 is 149 Å². The minimum absolute atomic E-state index is 0. The van der Waals surface area contributed by atoms with Crippen LogP contribution in [0.2, 0.25) is 10.0 Å². The molecule has 0 radical (unpaired) electrons. The molecule has 0 heterocycles. The third-order valence-electron chi connectivity index (χ3n) is 11.4. The third-order valence-corrected chi connectivity index (χ3v) is 14.1. The number of halogens is 2. The molecule has 18 nitrogen and oxygen atoms in total. The van der Waals surface area contributed by atoms with Gasteiger partial charge >= 0.3 is 37.7 Å². The van der Waals surface area contributed by atoms with E-state index in [2.05, 4.69) is 31.1 Å². The number of carbonyl (C=O) groups excluding carboxylic acids is 2. The summed E-state index contributed by atoms with van der Waals surface area (Å²) in [6, 6.07) is 35.8. The number of nitrogens with one attached hydrogen (secondary N) is 2. The second kappa shape index (κ2) is 26.1. The quantitative estimate of drug-likeness (QED) is 0.0399. The van der Waals surface area contributed by atoms with Gasteiger partial charge in [0.05, 0.1) is 34.5 Å². The van der Waals surface area contributed by atoms with Crippen molar-refractivity contribution in [2.24, 2.45) is 20.5 Å². The van der Waals surface area contributed by atoms with Crippen molar-refractivity contribution in [2.75, 3.05) is 23.8 Å². The standard InChI is InChI=1S/2C27H24ClN3O6S.Ca/c2*1-3-16-9-14-22(28)26(38(34,35)36)23(16)30-31-24-20-8-6-5-7-17(20)15-21(25(24)32)27(33)29-18-10-12-19(13-11-18)37-4-2;/h2*5-15,32H,3-4H2,1-2H3,(H,29,33)(H,34,35,36);/q;;+2/p-2. The fourth-order valence-electron chi connectivity index (χ4n) is 7.82. The monoisotopic (exact) mass is 1140 g/mol. The maximum absolute atomic E-state index is 13.4. The fraction of sp³-hybridized carbons (Fsp3) is 0.148. The van der Waals surface area contributed by atoms with Gasteiger partial charge in [0.2, 0.25) is 0 Å². The number of hydrogen-bond acceptors (Lipinski definition) is 15. The van der Waals surface area contributed by atoms with Gasteiger partial charge in [0.1, 0.15) is 48.5 Å². The van der Waals surface area contributed by atoms with E-state index in [4.69, 9.17) is 32.7 Å². The van der Waals surface area contributed by atoms with E-state index in [1.165, 1.54) is 30.3 Å². The van der Waals surface area contributed by atoms with Crippen LogP contribution in [0.25, 0.3) is 21.5 Å². The van der Waals surface area contributed by atoms with Gasteiger partial charge in [-0.2, -0.15) is 13.5 Å². The Balaban J connectivity index is 0.000000246. The molecule has 8 rings (SSSR count). The molecule has 392 valence electrons. The molecular weight excluding hydrogens is 1100 g/mol. The van der Waals surface area contributed by atoms with E-state index < -0.39 is 53.3 Å². The van der Waals surface area contributed by atoms with Gasteiger partial charge in [-0.1, -0.05) is 103 Å². The van der Waals surface area contributed by atoms with Crippen LogP contribution in [0.15, 0.2) is 164 Å². The normalized spacial score (nSPS) is 11.5. The number of carbonyl (C=O) groups is 2. The third kappa shape index (κ3) is 14.1. The summed E-state index contributed by atoms with van der Waals surface area (Å²) in [6.07, 6.45) is 0.689. The van der Waals surface area contributed by atoms with Crippen molar-refractivity contribution in [1.82, 2.24) is 0 Å². The van der Waals surface area contributed by atoms with Gasteiger partial charge in [0.15, 0.2) is 5.75 Å². The number of anilines is 2. The molecule has 2 amide bonds. The molecule has 0 saturated heterocycles. The minimum Gasteiger partial charge on any atom is -0.870 e. The first-order valence-electron chi connectivity index (χ1n) is 23.2. The Bertz CT molecular complexity index is 3560. The number of phenols is 1. The Morgan fingerprint density at radius 3 is 1.43 bits per heavy atom. The number of rotatable bonds is 16. The summed E-state index contributed by atoms with van der Waals surface area (Å²) in [5.74, 6) is -1.15. The molecule has 0 aromatic heterocycles. The Morgan fingerprint density at radius 1 is 0.571 bits per heavy atom. The number of fused-ring (bicyclic) bond motifs is 2. The van der Waals surface area contributed by atoms with Crippen molar-refractivity contribution < 1.29 is 55.2 Å². The van der Waals surface area contributed by atoms with Crippen LogP contribution in [0, 0.1) is 0 Å². The second-order valence-corrected chi connectivity index (χ2v) is 19.8. The summed E-state index contributed by atoms with van der Waals surface area (Å²) < 4.78 is 80.6. The topological polar surface area (TPSA) is 281 Å². The van der Waals surface area contributed by atoms with Crippen LogP contribution >= 0.6 is 23.2 Å². The number of benzene rings is 8. The Labute approximate surface area is 483 Å². The summed E-state index contributed by atoms with van der Waals surface area (Å²) in [4.78, 5) is 24.9. The van der Waals surface area contributed by atoms with Gasteiger partial charge in [-0.15, -0.1) is 15.3 Å². The predicted octanol–water partition coefficient (Wildman–Crippen LogP) is 12.8. The fourth-order valence-corrected chi connectivity index (χ4v) is 10.1. The van der Waals surface area contributed by atoms with E-state index in [1.807, 2.05) is 13.8 Å². The summed E-state index contributed by atoms with van der Waals surface area (Å²) >= 11 is 12.1. The van der Waals surface area contributed by atoms with E-state index >= 15 is 0 Å². The molecule has 0 spiro atoms. The van der Waals surface area contributed by atoms with Gasteiger partial charge in [0.25, 0.3) is 21.9 Å². The van der Waals surface area contributed by atoms with Gasteiger partial charge < -0.3 is 34.9 Å². The van der Waals surface area contributed by atoms with Crippen molar-refractivity contribution in [3.05, 3.63) is 166 Å². The number of phenolic OH excluding ortho intramolecular Hbond substituents is 1. The largest absolute Gasteiger partial charge is 2.00 e. The Hall–Kier alpha value is -6.72.